The first-order chi connectivity index (χ1) is 13.1. The van der Waals surface area contributed by atoms with Crippen molar-refractivity contribution >= 4 is 29.3 Å². The summed E-state index contributed by atoms with van der Waals surface area (Å²) in [5, 5.41) is 3.29. The van der Waals surface area contributed by atoms with Crippen molar-refractivity contribution in [2.45, 2.75) is 13.1 Å². The van der Waals surface area contributed by atoms with Crippen LogP contribution in [-0.4, -0.2) is 42.0 Å². The second-order valence-corrected chi connectivity index (χ2v) is 7.75. The maximum Gasteiger partial charge on any atom is 0.258 e. The molecular formula is C19H21ClN2O4S. The lowest BCUT2D eigenvalue weighted by Gasteiger charge is -2.25. The van der Waals surface area contributed by atoms with Gasteiger partial charge in [0.1, 0.15) is 12.0 Å². The monoisotopic (exact) mass is 408 g/mol. The molecule has 0 radical (unpaired) electrons. The quantitative estimate of drug-likeness (QED) is 0.759. The van der Waals surface area contributed by atoms with E-state index in [-0.39, 0.29) is 23.7 Å². The molecule has 0 saturated carbocycles. The highest BCUT2D eigenvalue weighted by Gasteiger charge is 2.14. The highest BCUT2D eigenvalue weighted by atomic mass is 35.5. The predicted octanol–water partition coefficient (Wildman–Crippen LogP) is 2.54. The predicted molar refractivity (Wildman–Crippen MR) is 106 cm³/mol. The van der Waals surface area contributed by atoms with E-state index >= 15 is 0 Å². The average molecular weight is 409 g/mol. The van der Waals surface area contributed by atoms with Gasteiger partial charge in [0.25, 0.3) is 5.91 Å². The summed E-state index contributed by atoms with van der Waals surface area (Å²) in [6, 6.07) is 8.69. The standard InChI is InChI=1S/C19H21ClN2O4S/c20-16-4-2-1-3-14(16)10-21-19(24)13-26-18-12-25-15(9-17(18)23)11-22-5-7-27-8-6-22/h1-4,9,12H,5-8,10-11,13H2,(H,21,24). The first-order valence-corrected chi connectivity index (χ1v) is 10.2. The third kappa shape index (κ3) is 6.02. The van der Waals surface area contributed by atoms with Gasteiger partial charge in [0.2, 0.25) is 11.2 Å². The minimum Gasteiger partial charge on any atom is -0.477 e. The van der Waals surface area contributed by atoms with E-state index in [9.17, 15) is 9.59 Å². The van der Waals surface area contributed by atoms with Crippen LogP contribution in [0.25, 0.3) is 0 Å². The lowest BCUT2D eigenvalue weighted by atomic mass is 10.2. The summed E-state index contributed by atoms with van der Waals surface area (Å²) >= 11 is 7.97. The Labute approximate surface area is 166 Å². The molecule has 6 nitrogen and oxygen atoms in total. The fraction of sp³-hybridized carbons (Fsp3) is 0.368. The minimum atomic E-state index is -0.343. The van der Waals surface area contributed by atoms with Gasteiger partial charge >= 0.3 is 0 Å². The van der Waals surface area contributed by atoms with Crippen LogP contribution in [0.2, 0.25) is 5.02 Å². The van der Waals surface area contributed by atoms with Gasteiger partial charge in [-0.2, -0.15) is 11.8 Å². The van der Waals surface area contributed by atoms with Gasteiger partial charge in [0.15, 0.2) is 6.61 Å². The Hall–Kier alpha value is -1.96. The van der Waals surface area contributed by atoms with Gasteiger partial charge in [-0.1, -0.05) is 29.8 Å². The molecule has 8 heteroatoms. The lowest BCUT2D eigenvalue weighted by Crippen LogP contribution is -2.32. The van der Waals surface area contributed by atoms with Crippen molar-refractivity contribution in [3.8, 4) is 5.75 Å². The molecule has 0 unspecified atom stereocenters. The van der Waals surface area contributed by atoms with Crippen molar-refractivity contribution in [2.75, 3.05) is 31.2 Å². The second-order valence-electron chi connectivity index (χ2n) is 6.12. The number of amides is 1. The minimum absolute atomic E-state index is 0.0286. The van der Waals surface area contributed by atoms with Gasteiger partial charge in [0.05, 0.1) is 6.54 Å². The number of thioether (sulfide) groups is 1. The number of hydrogen-bond donors (Lipinski definition) is 1. The molecule has 3 rings (SSSR count). The molecule has 0 bridgehead atoms. The molecule has 1 aliphatic rings. The van der Waals surface area contributed by atoms with E-state index < -0.39 is 0 Å². The molecule has 144 valence electrons. The van der Waals surface area contributed by atoms with Gasteiger partial charge in [-0.15, -0.1) is 0 Å². The number of rotatable bonds is 7. The van der Waals surface area contributed by atoms with Crippen LogP contribution < -0.4 is 15.5 Å². The number of halogens is 1. The van der Waals surface area contributed by atoms with Crippen molar-refractivity contribution in [3.05, 3.63) is 63.2 Å². The molecule has 1 aromatic heterocycles. The van der Waals surface area contributed by atoms with Crippen molar-refractivity contribution in [3.63, 3.8) is 0 Å². The van der Waals surface area contributed by atoms with E-state index in [2.05, 4.69) is 10.2 Å². The zero-order chi connectivity index (χ0) is 19.1. The molecule has 2 heterocycles. The fourth-order valence-corrected chi connectivity index (χ4v) is 3.82. The van der Waals surface area contributed by atoms with Crippen LogP contribution in [-0.2, 0) is 17.9 Å². The van der Waals surface area contributed by atoms with E-state index in [0.29, 0.717) is 23.9 Å². The van der Waals surface area contributed by atoms with Gasteiger partial charge in [-0.05, 0) is 11.6 Å². The van der Waals surface area contributed by atoms with Crippen molar-refractivity contribution in [1.82, 2.24) is 10.2 Å². The van der Waals surface area contributed by atoms with Crippen molar-refractivity contribution < 1.29 is 13.9 Å². The summed E-state index contributed by atoms with van der Waals surface area (Å²) in [5.41, 5.74) is 0.522. The molecule has 0 aliphatic carbocycles. The first kappa shape index (κ1) is 19.8. The molecule has 0 atom stereocenters. The van der Waals surface area contributed by atoms with E-state index in [0.717, 1.165) is 30.2 Å². The maximum absolute atomic E-state index is 12.2. The summed E-state index contributed by atoms with van der Waals surface area (Å²) in [4.78, 5) is 26.3. The highest BCUT2D eigenvalue weighted by molar-refractivity contribution is 7.99. The number of ether oxygens (including phenoxy) is 1. The van der Waals surface area contributed by atoms with Gasteiger partial charge in [0, 0.05) is 42.2 Å². The van der Waals surface area contributed by atoms with Crippen LogP contribution in [0.1, 0.15) is 11.3 Å². The van der Waals surface area contributed by atoms with E-state index in [1.165, 1.54) is 12.3 Å². The van der Waals surface area contributed by atoms with Crippen molar-refractivity contribution in [2.24, 2.45) is 0 Å². The Bertz CT molecular complexity index is 836. The Morgan fingerprint density at radius 2 is 2.07 bits per heavy atom. The van der Waals surface area contributed by atoms with Crippen molar-refractivity contribution in [1.29, 1.82) is 0 Å². The Kier molecular flexibility index (Phi) is 7.20. The highest BCUT2D eigenvalue weighted by Crippen LogP contribution is 2.15. The van der Waals surface area contributed by atoms with Crippen LogP contribution >= 0.6 is 23.4 Å². The number of carbonyl (C=O) groups is 1. The van der Waals surface area contributed by atoms with Gasteiger partial charge in [-0.25, -0.2) is 0 Å². The van der Waals surface area contributed by atoms with Crippen LogP contribution in [0.4, 0.5) is 0 Å². The van der Waals surface area contributed by atoms with Gasteiger partial charge < -0.3 is 14.5 Å². The lowest BCUT2D eigenvalue weighted by molar-refractivity contribution is -0.123. The summed E-state index contributed by atoms with van der Waals surface area (Å²) in [5.74, 6) is 2.47. The number of benzene rings is 1. The topological polar surface area (TPSA) is 71.8 Å². The number of nitrogens with zero attached hydrogens (tertiary/aromatic N) is 1. The fourth-order valence-electron chi connectivity index (χ4n) is 2.64. The van der Waals surface area contributed by atoms with Crippen LogP contribution in [0.5, 0.6) is 5.75 Å². The summed E-state index contributed by atoms with van der Waals surface area (Å²) < 4.78 is 10.8. The SMILES string of the molecule is O=C(COc1coc(CN2CCSCC2)cc1=O)NCc1ccccc1Cl. The largest absolute Gasteiger partial charge is 0.477 e. The molecule has 1 aliphatic heterocycles. The molecule has 0 spiro atoms. The average Bonchev–Trinajstić information content (AvgIpc) is 2.67. The summed E-state index contributed by atoms with van der Waals surface area (Å²) in [6.07, 6.45) is 1.28. The molecule has 1 fully saturated rings. The van der Waals surface area contributed by atoms with E-state index in [1.54, 1.807) is 6.07 Å². The van der Waals surface area contributed by atoms with E-state index in [4.69, 9.17) is 20.8 Å². The Morgan fingerprint density at radius 3 is 2.81 bits per heavy atom. The van der Waals surface area contributed by atoms with Gasteiger partial charge in [-0.3, -0.25) is 14.5 Å². The molecule has 2 aromatic rings. The van der Waals surface area contributed by atoms with Crippen LogP contribution in [0.3, 0.4) is 0 Å². The van der Waals surface area contributed by atoms with Crippen LogP contribution in [0.15, 0.2) is 45.8 Å². The molecule has 1 amide bonds. The molecule has 1 N–H and O–H groups in total. The normalized spacial score (nSPS) is 14.7. The zero-order valence-electron chi connectivity index (χ0n) is 14.8. The summed E-state index contributed by atoms with van der Waals surface area (Å²) in [7, 11) is 0. The van der Waals surface area contributed by atoms with Crippen LogP contribution in [0, 0.1) is 0 Å². The Balaban J connectivity index is 1.48. The maximum atomic E-state index is 12.2. The first-order valence-electron chi connectivity index (χ1n) is 8.66. The molecule has 27 heavy (non-hydrogen) atoms. The Morgan fingerprint density at radius 1 is 1.30 bits per heavy atom. The number of hydrogen-bond acceptors (Lipinski definition) is 6. The molecular weight excluding hydrogens is 388 g/mol. The molecule has 1 aromatic carbocycles. The third-order valence-electron chi connectivity index (χ3n) is 4.13. The number of carbonyl (C=O) groups excluding carboxylic acids is 1. The van der Waals surface area contributed by atoms with E-state index in [1.807, 2.05) is 30.0 Å². The summed E-state index contributed by atoms with van der Waals surface area (Å²) in [6.45, 7) is 2.60. The third-order valence-corrected chi connectivity index (χ3v) is 5.44. The number of nitrogens with one attached hydrogen (secondary N) is 1. The molecule has 1 saturated heterocycles. The smallest absolute Gasteiger partial charge is 0.258 e. The second kappa shape index (κ2) is 9.82. The zero-order valence-corrected chi connectivity index (χ0v) is 16.4.